The number of nitrogens with zero attached hydrogens (tertiary/aromatic N) is 1. The summed E-state index contributed by atoms with van der Waals surface area (Å²) in [5.41, 5.74) is -5.82. The number of alkyl halides is 6. The molecule has 0 fully saturated rings. The molecular formula is C8H13F6NO3. The monoisotopic (exact) mass is 285 g/mol. The third kappa shape index (κ3) is 5.54. The Kier molecular flexibility index (Phi) is 5.69. The maximum atomic E-state index is 11.5. The molecule has 0 unspecified atom stereocenters. The van der Waals surface area contributed by atoms with Gasteiger partial charge in [0.1, 0.15) is 0 Å². The lowest BCUT2D eigenvalue weighted by atomic mass is 10.0. The van der Waals surface area contributed by atoms with Crippen LogP contribution in [0.5, 0.6) is 0 Å². The highest BCUT2D eigenvalue weighted by Gasteiger charge is 2.71. The van der Waals surface area contributed by atoms with E-state index in [2.05, 4.69) is 28.2 Å². The van der Waals surface area contributed by atoms with Gasteiger partial charge in [0.2, 0.25) is 0 Å². The summed E-state index contributed by atoms with van der Waals surface area (Å²) in [6.45, 7) is 0. The minimum atomic E-state index is -6.37. The number of rotatable bonds is 1. The van der Waals surface area contributed by atoms with E-state index in [0.717, 1.165) is 4.48 Å². The summed E-state index contributed by atoms with van der Waals surface area (Å²) in [5.74, 6) is -3.66. The quantitative estimate of drug-likeness (QED) is 0.541. The van der Waals surface area contributed by atoms with Crippen LogP contribution in [-0.4, -0.2) is 61.7 Å². The van der Waals surface area contributed by atoms with Gasteiger partial charge in [-0.15, -0.1) is 0 Å². The number of carboxylic acids is 1. The molecular weight excluding hydrogens is 272 g/mol. The number of hydrogen-bond acceptors (Lipinski definition) is 3. The van der Waals surface area contributed by atoms with Crippen LogP contribution in [0.1, 0.15) is 0 Å². The smallest absolute Gasteiger partial charge is 0.431 e. The normalized spacial score (nSPS) is 13.7. The standard InChI is InChI=1S/C4H2F6O3.C4H12N/c5-3(6,7)2(13,1(11)12)4(8,9)10;1-5(2,3)4/h13H,(H,11,12);1-4H3/q;+1/p-1. The Morgan fingerprint density at radius 3 is 1.11 bits per heavy atom. The fourth-order valence-corrected chi connectivity index (χ4v) is 0.392. The van der Waals surface area contributed by atoms with Gasteiger partial charge in [-0.1, -0.05) is 0 Å². The molecule has 0 aromatic carbocycles. The molecule has 0 bridgehead atoms. The average molecular weight is 285 g/mol. The molecule has 18 heavy (non-hydrogen) atoms. The first kappa shape index (κ1) is 19.3. The lowest BCUT2D eigenvalue weighted by molar-refractivity contribution is -0.849. The average Bonchev–Trinajstić information content (AvgIpc) is 1.94. The van der Waals surface area contributed by atoms with Crippen LogP contribution in [0.2, 0.25) is 0 Å². The molecule has 0 aromatic rings. The van der Waals surface area contributed by atoms with Gasteiger partial charge in [-0.2, -0.15) is 26.3 Å². The number of hydrogen-bond donors (Lipinski definition) is 1. The van der Waals surface area contributed by atoms with E-state index < -0.39 is 23.9 Å². The van der Waals surface area contributed by atoms with Crippen molar-refractivity contribution in [3.63, 3.8) is 0 Å². The van der Waals surface area contributed by atoms with Crippen molar-refractivity contribution in [1.82, 2.24) is 0 Å². The SMILES string of the molecule is C[N+](C)(C)C.O=C([O-])C(O)(C(F)(F)F)C(F)(F)F. The molecule has 110 valence electrons. The Morgan fingerprint density at radius 1 is 0.944 bits per heavy atom. The Bertz CT molecular complexity index is 271. The van der Waals surface area contributed by atoms with E-state index in [-0.39, 0.29) is 0 Å². The zero-order valence-corrected chi connectivity index (χ0v) is 9.98. The van der Waals surface area contributed by atoms with Gasteiger partial charge < -0.3 is 19.5 Å². The molecule has 0 saturated carbocycles. The molecule has 0 spiro atoms. The summed E-state index contributed by atoms with van der Waals surface area (Å²) >= 11 is 0. The highest BCUT2D eigenvalue weighted by atomic mass is 19.4. The number of quaternary nitrogens is 1. The third-order valence-corrected chi connectivity index (χ3v) is 1.12. The predicted octanol–water partition coefficient (Wildman–Crippen LogP) is -0.0856. The summed E-state index contributed by atoms with van der Waals surface area (Å²) in [6.07, 6.45) is -12.7. The molecule has 0 aliphatic carbocycles. The van der Waals surface area contributed by atoms with Crippen molar-refractivity contribution in [2.75, 3.05) is 28.2 Å². The van der Waals surface area contributed by atoms with Crippen LogP contribution in [0.4, 0.5) is 26.3 Å². The summed E-state index contributed by atoms with van der Waals surface area (Å²) in [4.78, 5) is 9.51. The minimum absolute atomic E-state index is 1.00. The maximum Gasteiger partial charge on any atom is 0.431 e. The Balaban J connectivity index is 0. The molecule has 0 aliphatic rings. The van der Waals surface area contributed by atoms with E-state index in [1.807, 2.05) is 0 Å². The number of carboxylic acid groups (broad SMARTS) is 1. The van der Waals surface area contributed by atoms with Crippen LogP contribution in [0.25, 0.3) is 0 Å². The second kappa shape index (κ2) is 5.31. The van der Waals surface area contributed by atoms with Crippen LogP contribution >= 0.6 is 0 Å². The lowest BCUT2D eigenvalue weighted by Crippen LogP contribution is -2.66. The molecule has 0 amide bonds. The van der Waals surface area contributed by atoms with Gasteiger partial charge in [0.05, 0.1) is 34.2 Å². The van der Waals surface area contributed by atoms with E-state index in [1.54, 1.807) is 0 Å². The van der Waals surface area contributed by atoms with Crippen molar-refractivity contribution in [3.8, 4) is 0 Å². The van der Waals surface area contributed by atoms with Crippen LogP contribution in [-0.2, 0) is 4.79 Å². The molecule has 0 saturated heterocycles. The number of aliphatic carboxylic acids is 1. The fraction of sp³-hybridized carbons (Fsp3) is 0.875. The van der Waals surface area contributed by atoms with E-state index in [4.69, 9.17) is 5.11 Å². The van der Waals surface area contributed by atoms with Crippen LogP contribution < -0.4 is 5.11 Å². The summed E-state index contributed by atoms with van der Waals surface area (Å²) in [7, 11) is 8.50. The van der Waals surface area contributed by atoms with Crippen molar-refractivity contribution in [1.29, 1.82) is 0 Å². The van der Waals surface area contributed by atoms with Gasteiger partial charge in [0.25, 0.3) is 5.60 Å². The molecule has 0 aromatic heterocycles. The first-order chi connectivity index (χ1) is 7.44. The zero-order chi connectivity index (χ0) is 15.6. The van der Waals surface area contributed by atoms with E-state index in [0.29, 0.717) is 0 Å². The summed E-state index contributed by atoms with van der Waals surface area (Å²) in [5, 5.41) is 17.4. The van der Waals surface area contributed by atoms with Crippen LogP contribution in [0.15, 0.2) is 0 Å². The molecule has 4 nitrogen and oxygen atoms in total. The second-order valence-electron chi connectivity index (χ2n) is 4.68. The molecule has 0 atom stereocenters. The maximum absolute atomic E-state index is 11.5. The van der Waals surface area contributed by atoms with Crippen molar-refractivity contribution in [3.05, 3.63) is 0 Å². The first-order valence-electron chi connectivity index (χ1n) is 4.30. The van der Waals surface area contributed by atoms with Crippen molar-refractivity contribution in [2.24, 2.45) is 0 Å². The zero-order valence-electron chi connectivity index (χ0n) is 9.98. The molecule has 0 heterocycles. The molecule has 1 N–H and O–H groups in total. The highest BCUT2D eigenvalue weighted by molar-refractivity contribution is 5.77. The van der Waals surface area contributed by atoms with Crippen molar-refractivity contribution in [2.45, 2.75) is 18.0 Å². The Labute approximate surface area is 99.0 Å². The summed E-state index contributed by atoms with van der Waals surface area (Å²) < 4.78 is 69.8. The minimum Gasteiger partial charge on any atom is -0.546 e. The van der Waals surface area contributed by atoms with Gasteiger partial charge in [0.15, 0.2) is 0 Å². The Hall–Kier alpha value is -1.03. The van der Waals surface area contributed by atoms with Gasteiger partial charge in [-0.25, -0.2) is 0 Å². The molecule has 0 rings (SSSR count). The predicted molar refractivity (Wildman–Crippen MR) is 46.0 cm³/mol. The van der Waals surface area contributed by atoms with Gasteiger partial charge in [-0.05, 0) is 0 Å². The third-order valence-electron chi connectivity index (χ3n) is 1.12. The number of carbonyl (C=O) groups excluding carboxylic acids is 1. The summed E-state index contributed by atoms with van der Waals surface area (Å²) in [6, 6.07) is 0. The number of halogens is 6. The van der Waals surface area contributed by atoms with E-state index in [1.165, 1.54) is 0 Å². The number of aliphatic hydroxyl groups is 1. The van der Waals surface area contributed by atoms with Gasteiger partial charge in [0, 0.05) is 0 Å². The molecule has 0 radical (unpaired) electrons. The molecule has 0 aliphatic heterocycles. The van der Waals surface area contributed by atoms with Crippen molar-refractivity contribution >= 4 is 5.97 Å². The largest absolute Gasteiger partial charge is 0.546 e. The van der Waals surface area contributed by atoms with Crippen LogP contribution in [0, 0.1) is 0 Å². The lowest BCUT2D eigenvalue weighted by Gasteiger charge is -2.32. The van der Waals surface area contributed by atoms with Crippen LogP contribution in [0.3, 0.4) is 0 Å². The Morgan fingerprint density at radius 2 is 1.11 bits per heavy atom. The highest BCUT2D eigenvalue weighted by Crippen LogP contribution is 2.42. The second-order valence-corrected chi connectivity index (χ2v) is 4.68. The van der Waals surface area contributed by atoms with Gasteiger partial charge >= 0.3 is 12.4 Å². The van der Waals surface area contributed by atoms with Crippen molar-refractivity contribution < 1.29 is 45.8 Å². The molecule has 10 heteroatoms. The fourth-order valence-electron chi connectivity index (χ4n) is 0.392. The van der Waals surface area contributed by atoms with E-state index >= 15 is 0 Å². The topological polar surface area (TPSA) is 60.4 Å². The van der Waals surface area contributed by atoms with Gasteiger partial charge in [-0.3, -0.25) is 0 Å². The number of carbonyl (C=O) groups is 1. The first-order valence-corrected chi connectivity index (χ1v) is 4.30. The van der Waals surface area contributed by atoms with E-state index in [9.17, 15) is 36.2 Å².